The molecule has 23 heavy (non-hydrogen) atoms. The molecule has 2 aliphatic heterocycles. The molecule has 3 rings (SSSR count). The van der Waals surface area contributed by atoms with Crippen molar-refractivity contribution in [2.75, 3.05) is 38.5 Å². The van der Waals surface area contributed by atoms with E-state index in [1.165, 1.54) is 12.8 Å². The summed E-state index contributed by atoms with van der Waals surface area (Å²) in [4.78, 5) is 25.5. The highest BCUT2D eigenvalue weighted by Gasteiger charge is 2.41. The quantitative estimate of drug-likeness (QED) is 0.922. The molecule has 0 aliphatic carbocycles. The fourth-order valence-corrected chi connectivity index (χ4v) is 3.56. The number of hydrogen-bond acceptors (Lipinski definition) is 5. The number of likely N-dealkylation sites (tertiary alicyclic amines) is 2. The van der Waals surface area contributed by atoms with Gasteiger partial charge in [-0.15, -0.1) is 0 Å². The lowest BCUT2D eigenvalue weighted by Crippen LogP contribution is -2.40. The second kappa shape index (κ2) is 6.43. The van der Waals surface area contributed by atoms with E-state index in [0.717, 1.165) is 32.6 Å². The molecule has 2 fully saturated rings. The van der Waals surface area contributed by atoms with Crippen LogP contribution in [0.3, 0.4) is 0 Å². The number of aromatic nitrogens is 2. The summed E-state index contributed by atoms with van der Waals surface area (Å²) in [6.07, 6.45) is 6.79. The van der Waals surface area contributed by atoms with E-state index in [-0.39, 0.29) is 11.9 Å². The first-order valence-corrected chi connectivity index (χ1v) is 8.54. The SMILES string of the molecule is CC(C)Nc1ncc(C(=O)N2CCC3(CCN(C)CC3)C2)cn1. The van der Waals surface area contributed by atoms with E-state index in [1.54, 1.807) is 12.4 Å². The van der Waals surface area contributed by atoms with Gasteiger partial charge in [-0.25, -0.2) is 9.97 Å². The first-order valence-electron chi connectivity index (χ1n) is 8.54. The molecule has 1 N–H and O–H groups in total. The smallest absolute Gasteiger partial charge is 0.257 e. The van der Waals surface area contributed by atoms with Crippen molar-refractivity contribution in [1.29, 1.82) is 0 Å². The average Bonchev–Trinajstić information content (AvgIpc) is 2.94. The Labute approximate surface area is 138 Å². The zero-order valence-electron chi connectivity index (χ0n) is 14.4. The Morgan fingerprint density at radius 1 is 1.17 bits per heavy atom. The minimum Gasteiger partial charge on any atom is -0.352 e. The summed E-state index contributed by atoms with van der Waals surface area (Å²) in [6.45, 7) is 8.09. The maximum absolute atomic E-state index is 12.7. The normalized spacial score (nSPS) is 21.1. The highest BCUT2D eigenvalue weighted by molar-refractivity contribution is 5.93. The number of nitrogens with one attached hydrogen (secondary N) is 1. The van der Waals surface area contributed by atoms with Crippen LogP contribution in [0.15, 0.2) is 12.4 Å². The van der Waals surface area contributed by atoms with Gasteiger partial charge in [-0.05, 0) is 58.7 Å². The lowest BCUT2D eigenvalue weighted by atomic mass is 9.78. The topological polar surface area (TPSA) is 61.4 Å². The van der Waals surface area contributed by atoms with E-state index in [0.29, 0.717) is 16.9 Å². The second-order valence-corrected chi connectivity index (χ2v) is 7.37. The van der Waals surface area contributed by atoms with E-state index < -0.39 is 0 Å². The molecule has 6 nitrogen and oxygen atoms in total. The number of nitrogens with zero attached hydrogens (tertiary/aromatic N) is 4. The average molecular weight is 317 g/mol. The van der Waals surface area contributed by atoms with Crippen LogP contribution in [0.1, 0.15) is 43.5 Å². The van der Waals surface area contributed by atoms with Gasteiger partial charge >= 0.3 is 0 Å². The molecule has 3 heterocycles. The molecular weight excluding hydrogens is 290 g/mol. The van der Waals surface area contributed by atoms with Gasteiger partial charge in [-0.3, -0.25) is 4.79 Å². The predicted octanol–water partition coefficient (Wildman–Crippen LogP) is 1.85. The minimum atomic E-state index is 0.0666. The Morgan fingerprint density at radius 2 is 1.78 bits per heavy atom. The summed E-state index contributed by atoms with van der Waals surface area (Å²) >= 11 is 0. The van der Waals surface area contributed by atoms with Gasteiger partial charge in [0, 0.05) is 31.5 Å². The van der Waals surface area contributed by atoms with Crippen molar-refractivity contribution >= 4 is 11.9 Å². The monoisotopic (exact) mass is 317 g/mol. The van der Waals surface area contributed by atoms with Crippen LogP contribution in [0.5, 0.6) is 0 Å². The van der Waals surface area contributed by atoms with Crippen LogP contribution in [-0.2, 0) is 0 Å². The molecule has 6 heteroatoms. The molecule has 0 aromatic carbocycles. The third kappa shape index (κ3) is 3.63. The summed E-state index contributed by atoms with van der Waals surface area (Å²) in [5, 5.41) is 3.14. The Kier molecular flexibility index (Phi) is 4.53. The van der Waals surface area contributed by atoms with Gasteiger partial charge < -0.3 is 15.1 Å². The maximum atomic E-state index is 12.7. The lowest BCUT2D eigenvalue weighted by molar-refractivity contribution is 0.0736. The number of anilines is 1. The van der Waals surface area contributed by atoms with Crippen molar-refractivity contribution in [2.24, 2.45) is 5.41 Å². The van der Waals surface area contributed by atoms with Gasteiger partial charge in [0.05, 0.1) is 5.56 Å². The fraction of sp³-hybridized carbons (Fsp3) is 0.706. The standard InChI is InChI=1S/C17H27N5O/c1-13(2)20-16-18-10-14(11-19-16)15(23)22-9-6-17(12-22)4-7-21(3)8-5-17/h10-11,13H,4-9,12H2,1-3H3,(H,18,19,20). The van der Waals surface area contributed by atoms with E-state index in [2.05, 4.69) is 27.2 Å². The molecule has 0 radical (unpaired) electrons. The van der Waals surface area contributed by atoms with Gasteiger partial charge in [0.25, 0.3) is 5.91 Å². The van der Waals surface area contributed by atoms with Crippen LogP contribution >= 0.6 is 0 Å². The molecule has 1 spiro atoms. The largest absolute Gasteiger partial charge is 0.352 e. The first-order chi connectivity index (χ1) is 11.0. The predicted molar refractivity (Wildman–Crippen MR) is 90.5 cm³/mol. The summed E-state index contributed by atoms with van der Waals surface area (Å²) in [5.41, 5.74) is 0.923. The van der Waals surface area contributed by atoms with Gasteiger partial charge in [0.1, 0.15) is 0 Å². The van der Waals surface area contributed by atoms with Gasteiger partial charge in [0.15, 0.2) is 0 Å². The van der Waals surface area contributed by atoms with Crippen LogP contribution in [0, 0.1) is 5.41 Å². The van der Waals surface area contributed by atoms with Gasteiger partial charge in [-0.1, -0.05) is 0 Å². The molecule has 0 unspecified atom stereocenters. The Balaban J connectivity index is 1.62. The number of carbonyl (C=O) groups is 1. The second-order valence-electron chi connectivity index (χ2n) is 7.37. The van der Waals surface area contributed by atoms with E-state index in [9.17, 15) is 4.79 Å². The third-order valence-electron chi connectivity index (χ3n) is 5.09. The van der Waals surface area contributed by atoms with Crippen LogP contribution in [-0.4, -0.2) is 64.9 Å². The van der Waals surface area contributed by atoms with Gasteiger partial charge in [0.2, 0.25) is 5.95 Å². The van der Waals surface area contributed by atoms with Crippen LogP contribution in [0.4, 0.5) is 5.95 Å². The van der Waals surface area contributed by atoms with Gasteiger partial charge in [-0.2, -0.15) is 0 Å². The third-order valence-corrected chi connectivity index (χ3v) is 5.09. The molecule has 1 aromatic rings. The molecule has 126 valence electrons. The van der Waals surface area contributed by atoms with Crippen molar-refractivity contribution in [3.63, 3.8) is 0 Å². The highest BCUT2D eigenvalue weighted by Crippen LogP contribution is 2.40. The molecule has 0 bridgehead atoms. The number of rotatable bonds is 3. The summed E-state index contributed by atoms with van der Waals surface area (Å²) in [7, 11) is 2.18. The first kappa shape index (κ1) is 16.2. The number of piperidine rings is 1. The Morgan fingerprint density at radius 3 is 2.39 bits per heavy atom. The molecule has 1 amide bonds. The number of carbonyl (C=O) groups excluding carboxylic acids is 1. The maximum Gasteiger partial charge on any atom is 0.257 e. The lowest BCUT2D eigenvalue weighted by Gasteiger charge is -2.37. The highest BCUT2D eigenvalue weighted by atomic mass is 16.2. The molecule has 2 aliphatic rings. The zero-order valence-corrected chi connectivity index (χ0v) is 14.4. The fourth-order valence-electron chi connectivity index (χ4n) is 3.56. The molecule has 0 saturated carbocycles. The minimum absolute atomic E-state index is 0.0666. The van der Waals surface area contributed by atoms with Crippen LogP contribution < -0.4 is 5.32 Å². The zero-order chi connectivity index (χ0) is 16.4. The van der Waals surface area contributed by atoms with Crippen molar-refractivity contribution < 1.29 is 4.79 Å². The van der Waals surface area contributed by atoms with Crippen LogP contribution in [0.2, 0.25) is 0 Å². The summed E-state index contributed by atoms with van der Waals surface area (Å²) in [6, 6.07) is 0.277. The van der Waals surface area contributed by atoms with Crippen molar-refractivity contribution in [3.8, 4) is 0 Å². The number of hydrogen-bond donors (Lipinski definition) is 1. The Hall–Kier alpha value is -1.69. The van der Waals surface area contributed by atoms with E-state index in [4.69, 9.17) is 0 Å². The molecular formula is C17H27N5O. The van der Waals surface area contributed by atoms with Crippen LogP contribution in [0.25, 0.3) is 0 Å². The van der Waals surface area contributed by atoms with E-state index >= 15 is 0 Å². The van der Waals surface area contributed by atoms with E-state index in [1.807, 2.05) is 18.7 Å². The van der Waals surface area contributed by atoms with Crippen molar-refractivity contribution in [1.82, 2.24) is 19.8 Å². The van der Waals surface area contributed by atoms with Crippen molar-refractivity contribution in [2.45, 2.75) is 39.2 Å². The molecule has 1 aromatic heterocycles. The molecule has 0 atom stereocenters. The summed E-state index contributed by atoms with van der Waals surface area (Å²) in [5.74, 6) is 0.640. The number of amides is 1. The Bertz CT molecular complexity index is 549. The van der Waals surface area contributed by atoms with Crippen molar-refractivity contribution in [3.05, 3.63) is 18.0 Å². The summed E-state index contributed by atoms with van der Waals surface area (Å²) < 4.78 is 0. The molecule has 2 saturated heterocycles.